The van der Waals surface area contributed by atoms with E-state index in [9.17, 15) is 5.11 Å². The Labute approximate surface area is 145 Å². The molecule has 0 aliphatic rings. The zero-order valence-electron chi connectivity index (χ0n) is 15.4. The molecule has 1 aromatic heterocycles. The molecule has 24 heavy (non-hydrogen) atoms. The summed E-state index contributed by atoms with van der Waals surface area (Å²) in [7, 11) is 0. The monoisotopic (exact) mass is 327 g/mol. The molecule has 0 spiro atoms. The number of ether oxygens (including phenoxy) is 1. The lowest BCUT2D eigenvalue weighted by Gasteiger charge is -2.30. The summed E-state index contributed by atoms with van der Waals surface area (Å²) in [6.45, 7) is 11.3. The third kappa shape index (κ3) is 4.81. The Kier molecular flexibility index (Phi) is 5.66. The van der Waals surface area contributed by atoms with Gasteiger partial charge in [0.1, 0.15) is 5.75 Å². The zero-order valence-corrected chi connectivity index (χ0v) is 15.4. The van der Waals surface area contributed by atoms with Crippen LogP contribution in [0.25, 0.3) is 0 Å². The molecule has 0 amide bonds. The molecule has 1 N–H and O–H groups in total. The van der Waals surface area contributed by atoms with E-state index in [0.29, 0.717) is 6.61 Å². The van der Waals surface area contributed by atoms with Gasteiger partial charge in [-0.3, -0.25) is 4.98 Å². The van der Waals surface area contributed by atoms with Crippen LogP contribution in [0.3, 0.4) is 0 Å². The normalized spacial score (nSPS) is 13.6. The number of rotatable bonds is 6. The Hall–Kier alpha value is -1.87. The molecular weight excluding hydrogens is 298 g/mol. The van der Waals surface area contributed by atoms with Crippen LogP contribution >= 0.6 is 0 Å². The molecule has 1 unspecified atom stereocenters. The van der Waals surface area contributed by atoms with Gasteiger partial charge in [0, 0.05) is 12.4 Å². The number of hydrogen-bond acceptors (Lipinski definition) is 3. The molecule has 0 radical (unpaired) electrons. The highest BCUT2D eigenvalue weighted by Crippen LogP contribution is 2.36. The van der Waals surface area contributed by atoms with Crippen molar-refractivity contribution in [3.05, 3.63) is 59.9 Å². The van der Waals surface area contributed by atoms with E-state index < -0.39 is 6.10 Å². The number of benzene rings is 1. The van der Waals surface area contributed by atoms with Gasteiger partial charge in [-0.1, -0.05) is 52.8 Å². The summed E-state index contributed by atoms with van der Waals surface area (Å²) < 4.78 is 5.87. The molecule has 0 saturated heterocycles. The topological polar surface area (TPSA) is 42.4 Å². The molecule has 2 aromatic rings. The Balaban J connectivity index is 1.91. The van der Waals surface area contributed by atoms with E-state index in [0.717, 1.165) is 17.7 Å². The number of aliphatic hydroxyl groups excluding tert-OH is 1. The first-order valence-electron chi connectivity index (χ1n) is 8.51. The molecule has 1 aromatic carbocycles. The fraction of sp³-hybridized carbons (Fsp3) is 0.476. The van der Waals surface area contributed by atoms with Crippen molar-refractivity contribution >= 4 is 0 Å². The van der Waals surface area contributed by atoms with Crippen LogP contribution in [-0.4, -0.2) is 16.7 Å². The van der Waals surface area contributed by atoms with Crippen molar-refractivity contribution in [3.8, 4) is 5.75 Å². The van der Waals surface area contributed by atoms with Crippen molar-refractivity contribution in [1.29, 1.82) is 0 Å². The van der Waals surface area contributed by atoms with Crippen molar-refractivity contribution in [2.75, 3.05) is 6.61 Å². The van der Waals surface area contributed by atoms with Crippen molar-refractivity contribution in [2.45, 2.75) is 52.6 Å². The molecule has 0 saturated carbocycles. The van der Waals surface area contributed by atoms with Gasteiger partial charge in [0.15, 0.2) is 0 Å². The number of nitrogens with zero attached hydrogens (tertiary/aromatic N) is 1. The molecule has 3 nitrogen and oxygen atoms in total. The Morgan fingerprint density at radius 3 is 2.25 bits per heavy atom. The van der Waals surface area contributed by atoms with Crippen molar-refractivity contribution in [3.63, 3.8) is 0 Å². The van der Waals surface area contributed by atoms with Crippen LogP contribution in [0, 0.1) is 5.41 Å². The van der Waals surface area contributed by atoms with Gasteiger partial charge in [-0.05, 0) is 46.6 Å². The Bertz CT molecular complexity index is 627. The Morgan fingerprint density at radius 1 is 1.04 bits per heavy atom. The lowest BCUT2D eigenvalue weighted by molar-refractivity contribution is 0.0328. The third-order valence-electron chi connectivity index (χ3n) is 4.48. The van der Waals surface area contributed by atoms with E-state index in [1.165, 1.54) is 5.56 Å². The molecule has 3 heteroatoms. The second kappa shape index (κ2) is 7.35. The van der Waals surface area contributed by atoms with Crippen molar-refractivity contribution in [1.82, 2.24) is 4.98 Å². The fourth-order valence-corrected chi connectivity index (χ4v) is 2.61. The van der Waals surface area contributed by atoms with E-state index in [4.69, 9.17) is 4.74 Å². The SMILES string of the molecule is CC(C)(C)c1ccc(OCCC(C)(C)C(O)c2cccnc2)cc1. The molecule has 0 fully saturated rings. The van der Waals surface area contributed by atoms with Gasteiger partial charge in [-0.15, -0.1) is 0 Å². The number of aromatic nitrogens is 1. The summed E-state index contributed by atoms with van der Waals surface area (Å²) in [5.74, 6) is 0.870. The minimum Gasteiger partial charge on any atom is -0.494 e. The van der Waals surface area contributed by atoms with E-state index >= 15 is 0 Å². The standard InChI is InChI=1S/C21H29NO2/c1-20(2,3)17-8-10-18(11-9-17)24-14-12-21(4,5)19(23)16-7-6-13-22-15-16/h6-11,13,15,19,23H,12,14H2,1-5H3. The zero-order chi connectivity index (χ0) is 17.8. The summed E-state index contributed by atoms with van der Waals surface area (Å²) in [5, 5.41) is 10.6. The Morgan fingerprint density at radius 2 is 1.71 bits per heavy atom. The maximum absolute atomic E-state index is 10.6. The first-order chi connectivity index (χ1) is 11.2. The van der Waals surface area contributed by atoms with Gasteiger partial charge in [-0.25, -0.2) is 0 Å². The molecule has 1 heterocycles. The van der Waals surface area contributed by atoms with Crippen LogP contribution in [-0.2, 0) is 5.41 Å². The van der Waals surface area contributed by atoms with Gasteiger partial charge in [0.25, 0.3) is 0 Å². The molecule has 0 aliphatic heterocycles. The minimum absolute atomic E-state index is 0.147. The number of pyridine rings is 1. The van der Waals surface area contributed by atoms with E-state index in [-0.39, 0.29) is 10.8 Å². The minimum atomic E-state index is -0.557. The summed E-state index contributed by atoms with van der Waals surface area (Å²) in [4.78, 5) is 4.08. The average molecular weight is 327 g/mol. The van der Waals surface area contributed by atoms with Crippen LogP contribution in [0.2, 0.25) is 0 Å². The molecule has 2 rings (SSSR count). The lowest BCUT2D eigenvalue weighted by atomic mass is 9.80. The largest absolute Gasteiger partial charge is 0.494 e. The van der Waals surface area contributed by atoms with Gasteiger partial charge in [-0.2, -0.15) is 0 Å². The average Bonchev–Trinajstić information content (AvgIpc) is 2.54. The van der Waals surface area contributed by atoms with Crippen LogP contribution in [0.1, 0.15) is 58.3 Å². The van der Waals surface area contributed by atoms with Crippen molar-refractivity contribution < 1.29 is 9.84 Å². The maximum atomic E-state index is 10.6. The van der Waals surface area contributed by atoms with Gasteiger partial charge >= 0.3 is 0 Å². The lowest BCUT2D eigenvalue weighted by Crippen LogP contribution is -2.24. The fourth-order valence-electron chi connectivity index (χ4n) is 2.61. The maximum Gasteiger partial charge on any atom is 0.119 e. The second-order valence-electron chi connectivity index (χ2n) is 8.05. The summed E-state index contributed by atoms with van der Waals surface area (Å²) in [5.41, 5.74) is 2.00. The van der Waals surface area contributed by atoms with Gasteiger partial charge < -0.3 is 9.84 Å². The summed E-state index contributed by atoms with van der Waals surface area (Å²) >= 11 is 0. The van der Waals surface area contributed by atoms with Crippen LogP contribution < -0.4 is 4.74 Å². The predicted octanol–water partition coefficient (Wildman–Crippen LogP) is 4.91. The third-order valence-corrected chi connectivity index (χ3v) is 4.48. The molecule has 0 bridgehead atoms. The highest BCUT2D eigenvalue weighted by atomic mass is 16.5. The van der Waals surface area contributed by atoms with Crippen molar-refractivity contribution in [2.24, 2.45) is 5.41 Å². The smallest absolute Gasteiger partial charge is 0.119 e. The van der Waals surface area contributed by atoms with Gasteiger partial charge in [0.05, 0.1) is 12.7 Å². The van der Waals surface area contributed by atoms with Gasteiger partial charge in [0.2, 0.25) is 0 Å². The van der Waals surface area contributed by atoms with Crippen LogP contribution in [0.5, 0.6) is 5.75 Å². The molecule has 1 atom stereocenters. The first kappa shape index (κ1) is 18.5. The summed E-state index contributed by atoms with van der Waals surface area (Å²) in [6.07, 6.45) is 3.63. The highest BCUT2D eigenvalue weighted by molar-refractivity contribution is 5.31. The molecular formula is C21H29NO2. The number of hydrogen-bond donors (Lipinski definition) is 1. The molecule has 130 valence electrons. The number of aliphatic hydroxyl groups is 1. The highest BCUT2D eigenvalue weighted by Gasteiger charge is 2.29. The summed E-state index contributed by atoms with van der Waals surface area (Å²) in [6, 6.07) is 12.0. The van der Waals surface area contributed by atoms with Crippen LogP contribution in [0.4, 0.5) is 0 Å². The van der Waals surface area contributed by atoms with E-state index in [1.807, 2.05) is 24.3 Å². The van der Waals surface area contributed by atoms with Crippen LogP contribution in [0.15, 0.2) is 48.8 Å². The quantitative estimate of drug-likeness (QED) is 0.820. The van der Waals surface area contributed by atoms with E-state index in [1.54, 1.807) is 12.4 Å². The second-order valence-corrected chi connectivity index (χ2v) is 8.05. The molecule has 0 aliphatic carbocycles. The first-order valence-corrected chi connectivity index (χ1v) is 8.51. The predicted molar refractivity (Wildman–Crippen MR) is 98.2 cm³/mol. The van der Waals surface area contributed by atoms with E-state index in [2.05, 4.69) is 51.7 Å².